The van der Waals surface area contributed by atoms with Crippen LogP contribution in [0.2, 0.25) is 0 Å². The number of ether oxygens (including phenoxy) is 3. The fourth-order valence-corrected chi connectivity index (χ4v) is 10.6. The largest absolute Gasteiger partial charge is 0.492 e. The molecule has 6 aliphatic rings. The van der Waals surface area contributed by atoms with Crippen LogP contribution >= 0.6 is 12.4 Å². The Bertz CT molecular complexity index is 2720. The normalized spacial score (nSPS) is 22.6. The molecule has 0 spiro atoms. The van der Waals surface area contributed by atoms with Gasteiger partial charge in [-0.1, -0.05) is 0 Å². The Hall–Kier alpha value is -5.62. The first kappa shape index (κ1) is 46.9. The first-order valence-electron chi connectivity index (χ1n) is 22.6. The standard InChI is InChI=1S/C26H32FN3O6.C21H24FN3O4.ClH/c1-26(2,3)36-25(34)29-9-5-6-14-11-28(13-19(14)29)21-18(27)10-16-20(23(21)35-4)30(15-7-8-15)12-17(22(16)31)24(32)33;1-29-20-17-13(19(26)14(21(27)28)9-25(17)12-4-5-12)7-15(22)18(20)24-8-11-3-2-6-23-16(11)10-24;/h10,12,14-15,19H,5-9,11,13H2,1-4H3,(H,32,33);7,9,11-12,16,23H,2-6,8,10H2,1H3,(H,27,28);1H/t14-,19+;11-,16+;/m00./s1. The van der Waals surface area contributed by atoms with E-state index in [1.165, 1.54) is 32.7 Å². The van der Waals surface area contributed by atoms with Crippen molar-refractivity contribution in [1.29, 1.82) is 0 Å². The van der Waals surface area contributed by atoms with Gasteiger partial charge in [0, 0.05) is 63.2 Å². The maximum absolute atomic E-state index is 15.7. The van der Waals surface area contributed by atoms with Crippen molar-refractivity contribution in [2.75, 3.05) is 63.3 Å². The number of anilines is 2. The third-order valence-electron chi connectivity index (χ3n) is 13.8. The van der Waals surface area contributed by atoms with Crippen LogP contribution in [0.1, 0.15) is 105 Å². The predicted molar refractivity (Wildman–Crippen MR) is 246 cm³/mol. The number of amides is 1. The van der Waals surface area contributed by atoms with Crippen LogP contribution in [-0.2, 0) is 4.74 Å². The van der Waals surface area contributed by atoms with E-state index in [9.17, 15) is 34.2 Å². The molecule has 2 aromatic heterocycles. The quantitative estimate of drug-likeness (QED) is 0.168. The maximum Gasteiger partial charge on any atom is 0.410 e. The fourth-order valence-electron chi connectivity index (χ4n) is 10.6. The number of nitrogens with one attached hydrogen (secondary N) is 1. The van der Waals surface area contributed by atoms with E-state index < -0.39 is 40.0 Å². The van der Waals surface area contributed by atoms with Gasteiger partial charge in [-0.25, -0.2) is 23.2 Å². The second kappa shape index (κ2) is 17.9. The van der Waals surface area contributed by atoms with E-state index in [1.54, 1.807) is 14.0 Å². The smallest absolute Gasteiger partial charge is 0.410 e. The van der Waals surface area contributed by atoms with Crippen LogP contribution in [-0.4, -0.2) is 113 Å². The number of hydrogen-bond acceptors (Lipinski definition) is 11. The van der Waals surface area contributed by atoms with Crippen LogP contribution in [0.3, 0.4) is 0 Å². The molecule has 4 aliphatic heterocycles. The molecule has 2 aromatic carbocycles. The average Bonchev–Trinajstić information content (AvgIpc) is 4.20. The van der Waals surface area contributed by atoms with Crippen molar-refractivity contribution in [3.63, 3.8) is 0 Å². The molecule has 0 radical (unpaired) electrons. The number of carboxylic acid groups (broad SMARTS) is 2. The molecular formula is C47H57ClF2N6O10. The number of aromatic nitrogens is 2. The number of carbonyl (C=O) groups excluding carboxylic acids is 1. The van der Waals surface area contributed by atoms with E-state index in [0.29, 0.717) is 60.6 Å². The van der Waals surface area contributed by atoms with Gasteiger partial charge in [-0.2, -0.15) is 0 Å². The number of rotatable bonds is 8. The molecule has 2 aliphatic carbocycles. The minimum absolute atomic E-state index is 0. The topological polar surface area (TPSA) is 185 Å². The number of aromatic carboxylic acids is 2. The van der Waals surface area contributed by atoms with Gasteiger partial charge in [-0.05, 0) is 103 Å². The van der Waals surface area contributed by atoms with Gasteiger partial charge >= 0.3 is 18.0 Å². The summed E-state index contributed by atoms with van der Waals surface area (Å²) in [6, 6.07) is 2.65. The van der Waals surface area contributed by atoms with Gasteiger partial charge < -0.3 is 53.6 Å². The number of benzene rings is 2. The summed E-state index contributed by atoms with van der Waals surface area (Å²) >= 11 is 0. The zero-order valence-corrected chi connectivity index (χ0v) is 38.6. The molecular weight excluding hydrogens is 882 g/mol. The Morgan fingerprint density at radius 2 is 1.20 bits per heavy atom. The molecule has 0 unspecified atom stereocenters. The molecule has 1 amide bonds. The molecule has 356 valence electrons. The molecule has 4 aromatic rings. The second-order valence-electron chi connectivity index (χ2n) is 19.3. The fraction of sp³-hybridized carbons (Fsp3) is 0.553. The molecule has 4 saturated heterocycles. The van der Waals surface area contributed by atoms with Crippen LogP contribution in [0.5, 0.6) is 11.5 Å². The van der Waals surface area contributed by atoms with Crippen LogP contribution in [0.15, 0.2) is 34.1 Å². The first-order valence-corrected chi connectivity index (χ1v) is 22.6. The van der Waals surface area contributed by atoms with Gasteiger partial charge in [0.2, 0.25) is 10.9 Å². The number of fused-ring (bicyclic) bond motifs is 4. The first-order chi connectivity index (χ1) is 31.0. The van der Waals surface area contributed by atoms with Gasteiger partial charge in [-0.3, -0.25) is 9.59 Å². The Kier molecular flexibility index (Phi) is 12.7. The number of likely N-dealkylation sites (tertiary alicyclic amines) is 1. The van der Waals surface area contributed by atoms with Crippen molar-refractivity contribution in [2.45, 2.75) is 102 Å². The molecule has 19 heteroatoms. The second-order valence-corrected chi connectivity index (χ2v) is 19.3. The van der Waals surface area contributed by atoms with Crippen LogP contribution in [0.4, 0.5) is 25.0 Å². The highest BCUT2D eigenvalue weighted by molar-refractivity contribution is 5.98. The molecule has 6 fully saturated rings. The lowest BCUT2D eigenvalue weighted by molar-refractivity contribution is 0.00666. The summed E-state index contributed by atoms with van der Waals surface area (Å²) in [4.78, 5) is 67.6. The Morgan fingerprint density at radius 1 is 0.712 bits per heavy atom. The average molecular weight is 939 g/mol. The Morgan fingerprint density at radius 3 is 1.65 bits per heavy atom. The monoisotopic (exact) mass is 938 g/mol. The highest BCUT2D eigenvalue weighted by atomic mass is 35.5. The van der Waals surface area contributed by atoms with E-state index in [-0.39, 0.29) is 75.9 Å². The van der Waals surface area contributed by atoms with Gasteiger partial charge in [0.15, 0.2) is 23.1 Å². The van der Waals surface area contributed by atoms with Crippen LogP contribution in [0.25, 0.3) is 21.8 Å². The summed E-state index contributed by atoms with van der Waals surface area (Å²) in [7, 11) is 2.91. The summed E-state index contributed by atoms with van der Waals surface area (Å²) in [5, 5.41) is 22.6. The van der Waals surface area contributed by atoms with Gasteiger partial charge in [-0.15, -0.1) is 12.4 Å². The minimum atomic E-state index is -1.34. The zero-order valence-electron chi connectivity index (χ0n) is 37.7. The van der Waals surface area contributed by atoms with E-state index >= 15 is 8.78 Å². The highest BCUT2D eigenvalue weighted by Gasteiger charge is 2.45. The van der Waals surface area contributed by atoms with Crippen molar-refractivity contribution >= 4 is 63.6 Å². The number of carboxylic acids is 2. The summed E-state index contributed by atoms with van der Waals surface area (Å²) < 4.78 is 51.6. The molecule has 66 heavy (non-hydrogen) atoms. The molecule has 16 nitrogen and oxygen atoms in total. The van der Waals surface area contributed by atoms with Crippen molar-refractivity contribution in [3.05, 3.63) is 67.7 Å². The van der Waals surface area contributed by atoms with Crippen LogP contribution in [0, 0.1) is 23.5 Å². The third-order valence-corrected chi connectivity index (χ3v) is 13.8. The number of carbonyl (C=O) groups is 3. The van der Waals surface area contributed by atoms with Gasteiger partial charge in [0.25, 0.3) is 0 Å². The predicted octanol–water partition coefficient (Wildman–Crippen LogP) is 6.81. The van der Waals surface area contributed by atoms with Crippen LogP contribution < -0.4 is 35.4 Å². The zero-order chi connectivity index (χ0) is 46.2. The molecule has 0 bridgehead atoms. The molecule has 6 heterocycles. The highest BCUT2D eigenvalue weighted by Crippen LogP contribution is 2.47. The third kappa shape index (κ3) is 8.50. The van der Waals surface area contributed by atoms with E-state index in [1.807, 2.05) is 30.6 Å². The van der Waals surface area contributed by atoms with E-state index in [2.05, 4.69) is 5.32 Å². The van der Waals surface area contributed by atoms with Gasteiger partial charge in [0.1, 0.15) is 28.1 Å². The van der Waals surface area contributed by atoms with Crippen molar-refractivity contribution in [3.8, 4) is 11.5 Å². The molecule has 10 rings (SSSR count). The number of hydrogen-bond donors (Lipinski definition) is 3. The molecule has 4 atom stereocenters. The molecule has 3 N–H and O–H groups in total. The van der Waals surface area contributed by atoms with Crippen molar-refractivity contribution < 1.29 is 47.6 Å². The summed E-state index contributed by atoms with van der Waals surface area (Å²) in [6.45, 7) is 9.41. The lowest BCUT2D eigenvalue weighted by Crippen LogP contribution is -2.50. The number of methoxy groups -OCH3 is 2. The summed E-state index contributed by atoms with van der Waals surface area (Å²) in [6.07, 6.45) is 9.81. The molecule has 2 saturated carbocycles. The van der Waals surface area contributed by atoms with Crippen molar-refractivity contribution in [2.24, 2.45) is 11.8 Å². The van der Waals surface area contributed by atoms with E-state index in [0.717, 1.165) is 70.5 Å². The maximum atomic E-state index is 15.7. The number of halogens is 3. The van der Waals surface area contributed by atoms with Crippen molar-refractivity contribution in [1.82, 2.24) is 19.4 Å². The lowest BCUT2D eigenvalue weighted by atomic mass is 9.92. The minimum Gasteiger partial charge on any atom is -0.492 e. The number of pyridine rings is 2. The Balaban J connectivity index is 0.000000180. The van der Waals surface area contributed by atoms with Gasteiger partial charge in [0.05, 0.1) is 42.1 Å². The van der Waals surface area contributed by atoms with E-state index in [4.69, 9.17) is 14.2 Å². The number of piperidine rings is 2. The summed E-state index contributed by atoms with van der Waals surface area (Å²) in [5.41, 5.74) is -1.24. The summed E-state index contributed by atoms with van der Waals surface area (Å²) in [5.74, 6) is -2.70. The Labute approximate surface area is 385 Å². The SMILES string of the molecule is COc1c(N2C[C@@H]3CCCN(C(=O)OC(C)(C)C)[C@@H]3C2)c(F)cc2c(=O)c(C(=O)O)cn(C3CC3)c12.COc1c(N2C[C@@H]3CCCN[C@@H]3C2)c(F)cc2c(=O)c(C(=O)O)cn(C3CC3)c12.Cl. The number of nitrogens with zero attached hydrogens (tertiary/aromatic N) is 5. The lowest BCUT2D eigenvalue weighted by Gasteiger charge is -2.37.